The topological polar surface area (TPSA) is 65.4 Å². The second-order valence-corrected chi connectivity index (χ2v) is 7.79. The van der Waals surface area contributed by atoms with Gasteiger partial charge in [-0.3, -0.25) is 19.0 Å². The summed E-state index contributed by atoms with van der Waals surface area (Å²) in [5.74, 6) is -0.254. The van der Waals surface area contributed by atoms with Crippen LogP contribution in [0.1, 0.15) is 66.7 Å². The van der Waals surface area contributed by atoms with E-state index >= 15 is 0 Å². The van der Waals surface area contributed by atoms with Gasteiger partial charge in [0.15, 0.2) is 6.61 Å². The van der Waals surface area contributed by atoms with Gasteiger partial charge in [-0.2, -0.15) is 0 Å². The lowest BCUT2D eigenvalue weighted by Gasteiger charge is -2.16. The number of rotatable bonds is 7. The van der Waals surface area contributed by atoms with E-state index in [-0.39, 0.29) is 29.7 Å². The molecule has 0 atom stereocenters. The monoisotopic (exact) mass is 375 g/mol. The molecule has 0 bridgehead atoms. The Morgan fingerprint density at radius 3 is 2.38 bits per heavy atom. The molecule has 0 aliphatic heterocycles. The number of nitrogens with zero attached hydrogens (tertiary/aromatic N) is 1. The predicted octanol–water partition coefficient (Wildman–Crippen LogP) is 3.89. The van der Waals surface area contributed by atoms with Crippen molar-refractivity contribution in [3.8, 4) is 0 Å². The van der Waals surface area contributed by atoms with Gasteiger partial charge < -0.3 is 4.74 Å². The molecule has 0 unspecified atom stereocenters. The van der Waals surface area contributed by atoms with Gasteiger partial charge in [0.2, 0.25) is 5.78 Å². The molecule has 0 saturated heterocycles. The van der Waals surface area contributed by atoms with Gasteiger partial charge in [-0.25, -0.2) is 0 Å². The molecular weight excluding hydrogens is 350 g/mol. The van der Waals surface area contributed by atoms with Crippen LogP contribution in [0.5, 0.6) is 0 Å². The highest BCUT2D eigenvalue weighted by Gasteiger charge is 2.18. The van der Waals surface area contributed by atoms with Crippen LogP contribution in [0, 0.1) is 6.92 Å². The van der Waals surface area contributed by atoms with Gasteiger partial charge in [0, 0.05) is 16.6 Å². The van der Waals surface area contributed by atoms with Crippen molar-refractivity contribution in [1.29, 1.82) is 0 Å². The lowest BCUT2D eigenvalue weighted by atomic mass is 9.90. The number of hydrogen-bond donors (Lipinski definition) is 0. The quantitative estimate of drug-likeness (QED) is 0.544. The fraction of sp³-hybridized carbons (Fsp3) is 0.450. The molecule has 0 aliphatic rings. The SMILES string of the molecule is Cc1csc(=O)n1CC(=O)OCC(=O)c1ccc(C(C)C)cc1C(C)C. The molecule has 2 rings (SSSR count). The van der Waals surface area contributed by atoms with Gasteiger partial charge in [-0.15, -0.1) is 0 Å². The van der Waals surface area contributed by atoms with Crippen LogP contribution in [-0.4, -0.2) is 22.9 Å². The van der Waals surface area contributed by atoms with Crippen LogP contribution in [0.2, 0.25) is 0 Å². The highest BCUT2D eigenvalue weighted by Crippen LogP contribution is 2.25. The highest BCUT2D eigenvalue weighted by molar-refractivity contribution is 7.07. The van der Waals surface area contributed by atoms with E-state index in [1.165, 1.54) is 10.1 Å². The lowest BCUT2D eigenvalue weighted by molar-refractivity contribution is -0.143. The molecule has 0 saturated carbocycles. The summed E-state index contributed by atoms with van der Waals surface area (Å²) in [6.45, 7) is 9.54. The standard InChI is InChI=1S/C20H25NO4S/c1-12(2)15-6-7-16(17(8-15)13(3)4)18(22)10-25-19(23)9-21-14(5)11-26-20(21)24/h6-8,11-13H,9-10H2,1-5H3. The van der Waals surface area contributed by atoms with E-state index < -0.39 is 5.97 Å². The molecule has 0 spiro atoms. The minimum absolute atomic E-state index is 0.176. The Kier molecular flexibility index (Phi) is 6.53. The van der Waals surface area contributed by atoms with E-state index in [4.69, 9.17) is 4.74 Å². The number of benzene rings is 1. The van der Waals surface area contributed by atoms with Crippen molar-refractivity contribution >= 4 is 23.1 Å². The zero-order chi connectivity index (χ0) is 19.4. The summed E-state index contributed by atoms with van der Waals surface area (Å²) in [6, 6.07) is 5.81. The van der Waals surface area contributed by atoms with Gasteiger partial charge >= 0.3 is 10.8 Å². The number of carbonyl (C=O) groups excluding carboxylic acids is 2. The van der Waals surface area contributed by atoms with Crippen molar-refractivity contribution in [2.24, 2.45) is 0 Å². The first kappa shape index (κ1) is 20.1. The summed E-state index contributed by atoms with van der Waals surface area (Å²) in [7, 11) is 0. The Labute approximate surface area is 157 Å². The maximum Gasteiger partial charge on any atom is 0.326 e. The van der Waals surface area contributed by atoms with Gasteiger partial charge in [-0.1, -0.05) is 57.2 Å². The number of Topliss-reactive ketones (excluding diaryl/α,β-unsaturated/α-hetero) is 1. The fourth-order valence-electron chi connectivity index (χ4n) is 2.67. The van der Waals surface area contributed by atoms with Crippen LogP contribution in [0.25, 0.3) is 0 Å². The molecule has 1 heterocycles. The summed E-state index contributed by atoms with van der Waals surface area (Å²) in [6.07, 6.45) is 0. The minimum atomic E-state index is -0.591. The van der Waals surface area contributed by atoms with Gasteiger partial charge in [0.1, 0.15) is 6.54 Å². The Bertz CT molecular complexity index is 861. The first-order valence-corrected chi connectivity index (χ1v) is 9.56. The average molecular weight is 375 g/mol. The van der Waals surface area contributed by atoms with Crippen LogP contribution in [0.3, 0.4) is 0 Å². The Morgan fingerprint density at radius 1 is 1.15 bits per heavy atom. The number of ether oxygens (including phenoxy) is 1. The van der Waals surface area contributed by atoms with Crippen LogP contribution < -0.4 is 4.87 Å². The van der Waals surface area contributed by atoms with E-state index in [0.717, 1.165) is 16.9 Å². The van der Waals surface area contributed by atoms with E-state index in [1.54, 1.807) is 12.3 Å². The Hall–Kier alpha value is -2.21. The summed E-state index contributed by atoms with van der Waals surface area (Å²) >= 11 is 1.04. The summed E-state index contributed by atoms with van der Waals surface area (Å²) in [5, 5.41) is 1.69. The zero-order valence-corrected chi connectivity index (χ0v) is 16.7. The molecule has 2 aromatic rings. The number of aryl methyl sites for hydroxylation is 1. The normalized spacial score (nSPS) is 11.2. The molecule has 1 aromatic carbocycles. The van der Waals surface area contributed by atoms with Gasteiger partial charge in [0.05, 0.1) is 0 Å². The molecule has 0 aliphatic carbocycles. The third kappa shape index (κ3) is 4.69. The molecule has 0 N–H and O–H groups in total. The molecule has 0 fully saturated rings. The van der Waals surface area contributed by atoms with Crippen LogP contribution in [-0.2, 0) is 16.1 Å². The van der Waals surface area contributed by atoms with Crippen molar-refractivity contribution in [2.45, 2.75) is 53.0 Å². The first-order valence-electron chi connectivity index (χ1n) is 8.68. The third-order valence-corrected chi connectivity index (χ3v) is 5.17. The molecule has 0 amide bonds. The maximum absolute atomic E-state index is 12.5. The Morgan fingerprint density at radius 2 is 1.85 bits per heavy atom. The van der Waals surface area contributed by atoms with Crippen LogP contribution >= 0.6 is 11.3 Å². The molecule has 6 heteroatoms. The maximum atomic E-state index is 12.5. The molecule has 26 heavy (non-hydrogen) atoms. The predicted molar refractivity (Wildman–Crippen MR) is 103 cm³/mol. The third-order valence-electron chi connectivity index (χ3n) is 4.29. The molecule has 1 aromatic heterocycles. The largest absolute Gasteiger partial charge is 0.456 e. The number of aromatic nitrogens is 1. The van der Waals surface area contributed by atoms with E-state index in [1.807, 2.05) is 26.0 Å². The number of esters is 1. The smallest absolute Gasteiger partial charge is 0.326 e. The zero-order valence-electron chi connectivity index (χ0n) is 15.9. The van der Waals surface area contributed by atoms with E-state index in [0.29, 0.717) is 17.2 Å². The number of thiazole rings is 1. The fourth-order valence-corrected chi connectivity index (χ4v) is 3.40. The van der Waals surface area contributed by atoms with E-state index in [2.05, 4.69) is 19.9 Å². The molecular formula is C20H25NO4S. The summed E-state index contributed by atoms with van der Waals surface area (Å²) in [4.78, 5) is 36.0. The lowest BCUT2D eigenvalue weighted by Crippen LogP contribution is -2.24. The van der Waals surface area contributed by atoms with Crippen molar-refractivity contribution in [3.63, 3.8) is 0 Å². The molecule has 5 nitrogen and oxygen atoms in total. The number of hydrogen-bond acceptors (Lipinski definition) is 5. The van der Waals surface area contributed by atoms with Crippen molar-refractivity contribution < 1.29 is 14.3 Å². The van der Waals surface area contributed by atoms with Crippen molar-refractivity contribution in [1.82, 2.24) is 4.57 Å². The number of carbonyl (C=O) groups is 2. The van der Waals surface area contributed by atoms with Gasteiger partial charge in [0.25, 0.3) is 0 Å². The second-order valence-electron chi connectivity index (χ2n) is 6.97. The average Bonchev–Trinajstić information content (AvgIpc) is 2.90. The van der Waals surface area contributed by atoms with Gasteiger partial charge in [-0.05, 0) is 29.9 Å². The summed E-state index contributed by atoms with van der Waals surface area (Å²) < 4.78 is 6.45. The second kappa shape index (κ2) is 8.45. The minimum Gasteiger partial charge on any atom is -0.456 e. The molecule has 0 radical (unpaired) electrons. The van der Waals surface area contributed by atoms with E-state index in [9.17, 15) is 14.4 Å². The highest BCUT2D eigenvalue weighted by atomic mass is 32.1. The van der Waals surface area contributed by atoms with Crippen LogP contribution in [0.4, 0.5) is 0 Å². The van der Waals surface area contributed by atoms with Crippen LogP contribution in [0.15, 0.2) is 28.4 Å². The summed E-state index contributed by atoms with van der Waals surface area (Å²) in [5.41, 5.74) is 3.42. The molecule has 140 valence electrons. The number of ketones is 1. The Balaban J connectivity index is 2.08. The van der Waals surface area contributed by atoms with Crippen molar-refractivity contribution in [3.05, 3.63) is 55.6 Å². The van der Waals surface area contributed by atoms with Crippen molar-refractivity contribution in [2.75, 3.05) is 6.61 Å². The first-order chi connectivity index (χ1) is 12.2.